The SMILES string of the molecule is CNCc1ccc(N(C)Cc2ccccn2)cc1. The van der Waals surface area contributed by atoms with Crippen LogP contribution in [0.4, 0.5) is 5.69 Å². The van der Waals surface area contributed by atoms with Crippen LogP contribution >= 0.6 is 0 Å². The molecule has 1 aromatic carbocycles. The maximum Gasteiger partial charge on any atom is 0.0598 e. The monoisotopic (exact) mass is 241 g/mol. The predicted molar refractivity (Wildman–Crippen MR) is 75.5 cm³/mol. The van der Waals surface area contributed by atoms with Gasteiger partial charge in [-0.15, -0.1) is 0 Å². The van der Waals surface area contributed by atoms with Crippen molar-refractivity contribution >= 4 is 5.69 Å². The van der Waals surface area contributed by atoms with Crippen molar-refractivity contribution in [3.05, 3.63) is 59.9 Å². The van der Waals surface area contributed by atoms with E-state index in [1.54, 1.807) is 0 Å². The summed E-state index contributed by atoms with van der Waals surface area (Å²) in [6.07, 6.45) is 1.83. The van der Waals surface area contributed by atoms with Gasteiger partial charge in [-0.2, -0.15) is 0 Å². The van der Waals surface area contributed by atoms with Gasteiger partial charge in [-0.05, 0) is 36.9 Å². The number of pyridine rings is 1. The molecule has 0 aliphatic heterocycles. The summed E-state index contributed by atoms with van der Waals surface area (Å²) in [5, 5.41) is 3.15. The molecule has 0 bridgehead atoms. The van der Waals surface area contributed by atoms with Gasteiger partial charge >= 0.3 is 0 Å². The van der Waals surface area contributed by atoms with Crippen LogP contribution in [0.25, 0.3) is 0 Å². The first-order valence-electron chi connectivity index (χ1n) is 6.14. The third-order valence-electron chi connectivity index (χ3n) is 2.88. The van der Waals surface area contributed by atoms with E-state index in [-0.39, 0.29) is 0 Å². The number of hydrogen-bond donors (Lipinski definition) is 1. The molecule has 0 saturated heterocycles. The molecule has 2 aromatic rings. The number of nitrogens with one attached hydrogen (secondary N) is 1. The molecule has 1 heterocycles. The summed E-state index contributed by atoms with van der Waals surface area (Å²) in [6, 6.07) is 14.6. The minimum absolute atomic E-state index is 0.826. The van der Waals surface area contributed by atoms with Crippen LogP contribution in [0, 0.1) is 0 Å². The Hall–Kier alpha value is -1.87. The van der Waals surface area contributed by atoms with E-state index in [9.17, 15) is 0 Å². The number of anilines is 1. The molecule has 0 amide bonds. The van der Waals surface area contributed by atoms with Gasteiger partial charge in [-0.25, -0.2) is 0 Å². The number of rotatable bonds is 5. The third-order valence-corrected chi connectivity index (χ3v) is 2.88. The molecule has 0 spiro atoms. The summed E-state index contributed by atoms with van der Waals surface area (Å²) in [6.45, 7) is 1.73. The van der Waals surface area contributed by atoms with Gasteiger partial charge in [0.1, 0.15) is 0 Å². The fourth-order valence-electron chi connectivity index (χ4n) is 1.90. The number of aromatic nitrogens is 1. The Morgan fingerprint density at radius 2 is 1.89 bits per heavy atom. The first-order chi connectivity index (χ1) is 8.79. The average molecular weight is 241 g/mol. The van der Waals surface area contributed by atoms with Crippen LogP contribution < -0.4 is 10.2 Å². The van der Waals surface area contributed by atoms with Gasteiger partial charge in [-0.3, -0.25) is 4.98 Å². The van der Waals surface area contributed by atoms with E-state index in [1.807, 2.05) is 31.4 Å². The van der Waals surface area contributed by atoms with Crippen LogP contribution in [0.3, 0.4) is 0 Å². The molecule has 0 aliphatic carbocycles. The van der Waals surface area contributed by atoms with Crippen molar-refractivity contribution in [2.45, 2.75) is 13.1 Å². The van der Waals surface area contributed by atoms with Crippen LogP contribution in [0.2, 0.25) is 0 Å². The Balaban J connectivity index is 2.02. The highest BCUT2D eigenvalue weighted by Gasteiger charge is 2.02. The standard InChI is InChI=1S/C15H19N3/c1-16-11-13-6-8-15(9-7-13)18(2)12-14-5-3-4-10-17-14/h3-10,16H,11-12H2,1-2H3. The van der Waals surface area contributed by atoms with Crippen molar-refractivity contribution in [3.63, 3.8) is 0 Å². The van der Waals surface area contributed by atoms with Crippen LogP contribution in [0.5, 0.6) is 0 Å². The van der Waals surface area contributed by atoms with E-state index in [1.165, 1.54) is 11.3 Å². The number of hydrogen-bond acceptors (Lipinski definition) is 3. The van der Waals surface area contributed by atoms with Crippen molar-refractivity contribution in [3.8, 4) is 0 Å². The topological polar surface area (TPSA) is 28.2 Å². The Bertz CT molecular complexity index is 465. The Morgan fingerprint density at radius 3 is 2.50 bits per heavy atom. The van der Waals surface area contributed by atoms with Gasteiger partial charge in [0, 0.05) is 25.5 Å². The van der Waals surface area contributed by atoms with Crippen molar-refractivity contribution in [2.24, 2.45) is 0 Å². The molecule has 0 fully saturated rings. The summed E-state index contributed by atoms with van der Waals surface area (Å²) >= 11 is 0. The zero-order valence-electron chi connectivity index (χ0n) is 10.9. The summed E-state index contributed by atoms with van der Waals surface area (Å²) in [5.74, 6) is 0. The minimum atomic E-state index is 0.826. The van der Waals surface area contributed by atoms with Crippen molar-refractivity contribution < 1.29 is 0 Å². The summed E-state index contributed by atoms with van der Waals surface area (Å²) < 4.78 is 0. The maximum absolute atomic E-state index is 4.34. The highest BCUT2D eigenvalue weighted by atomic mass is 15.1. The smallest absolute Gasteiger partial charge is 0.0598 e. The summed E-state index contributed by atoms with van der Waals surface area (Å²) in [7, 11) is 4.04. The zero-order chi connectivity index (χ0) is 12.8. The van der Waals surface area contributed by atoms with E-state index in [0.717, 1.165) is 18.8 Å². The van der Waals surface area contributed by atoms with E-state index < -0.39 is 0 Å². The summed E-state index contributed by atoms with van der Waals surface area (Å²) in [4.78, 5) is 6.54. The molecule has 1 N–H and O–H groups in total. The second kappa shape index (κ2) is 6.17. The van der Waals surface area contributed by atoms with Crippen molar-refractivity contribution in [2.75, 3.05) is 19.0 Å². The quantitative estimate of drug-likeness (QED) is 0.871. The van der Waals surface area contributed by atoms with Gasteiger partial charge in [-0.1, -0.05) is 18.2 Å². The fraction of sp³-hybridized carbons (Fsp3) is 0.267. The molecule has 2 rings (SSSR count). The molecule has 1 aromatic heterocycles. The lowest BCUT2D eigenvalue weighted by Gasteiger charge is -2.19. The molecule has 0 unspecified atom stereocenters. The van der Waals surface area contributed by atoms with E-state index in [0.29, 0.717) is 0 Å². The van der Waals surface area contributed by atoms with E-state index in [4.69, 9.17) is 0 Å². The van der Waals surface area contributed by atoms with Gasteiger partial charge < -0.3 is 10.2 Å². The molecule has 0 saturated carbocycles. The molecule has 0 radical (unpaired) electrons. The lowest BCUT2D eigenvalue weighted by molar-refractivity contribution is 0.816. The number of nitrogens with zero attached hydrogens (tertiary/aromatic N) is 2. The largest absolute Gasteiger partial charge is 0.369 e. The Labute approximate surface area is 108 Å². The molecule has 94 valence electrons. The normalized spacial score (nSPS) is 10.3. The molecule has 3 nitrogen and oxygen atoms in total. The van der Waals surface area contributed by atoms with Gasteiger partial charge in [0.25, 0.3) is 0 Å². The molecular weight excluding hydrogens is 222 g/mol. The molecule has 18 heavy (non-hydrogen) atoms. The lowest BCUT2D eigenvalue weighted by Crippen LogP contribution is -2.17. The summed E-state index contributed by atoms with van der Waals surface area (Å²) in [5.41, 5.74) is 3.59. The van der Waals surface area contributed by atoms with Crippen molar-refractivity contribution in [1.29, 1.82) is 0 Å². The second-order valence-corrected chi connectivity index (χ2v) is 4.37. The van der Waals surface area contributed by atoms with Crippen LogP contribution in [0.1, 0.15) is 11.3 Å². The van der Waals surface area contributed by atoms with Crippen molar-refractivity contribution in [1.82, 2.24) is 10.3 Å². The van der Waals surface area contributed by atoms with E-state index in [2.05, 4.69) is 46.5 Å². The second-order valence-electron chi connectivity index (χ2n) is 4.37. The minimum Gasteiger partial charge on any atom is -0.369 e. The molecule has 0 atom stereocenters. The Kier molecular flexibility index (Phi) is 4.31. The number of benzene rings is 1. The van der Waals surface area contributed by atoms with E-state index >= 15 is 0 Å². The van der Waals surface area contributed by atoms with Gasteiger partial charge in [0.05, 0.1) is 12.2 Å². The third kappa shape index (κ3) is 3.31. The lowest BCUT2D eigenvalue weighted by atomic mass is 10.2. The average Bonchev–Trinajstić information content (AvgIpc) is 2.41. The highest BCUT2D eigenvalue weighted by molar-refractivity contribution is 5.47. The maximum atomic E-state index is 4.34. The molecular formula is C15H19N3. The van der Waals surface area contributed by atoms with Crippen LogP contribution in [0.15, 0.2) is 48.7 Å². The van der Waals surface area contributed by atoms with Gasteiger partial charge in [0.2, 0.25) is 0 Å². The van der Waals surface area contributed by atoms with Crippen LogP contribution in [-0.2, 0) is 13.1 Å². The highest BCUT2D eigenvalue weighted by Crippen LogP contribution is 2.15. The Morgan fingerprint density at radius 1 is 1.11 bits per heavy atom. The first kappa shape index (κ1) is 12.6. The fourth-order valence-corrected chi connectivity index (χ4v) is 1.90. The molecule has 3 heteroatoms. The molecule has 0 aliphatic rings. The van der Waals surface area contributed by atoms with Crippen LogP contribution in [-0.4, -0.2) is 19.1 Å². The zero-order valence-corrected chi connectivity index (χ0v) is 10.9. The predicted octanol–water partition coefficient (Wildman–Crippen LogP) is 2.44. The van der Waals surface area contributed by atoms with Gasteiger partial charge in [0.15, 0.2) is 0 Å². The first-order valence-corrected chi connectivity index (χ1v) is 6.14.